The number of likely N-dealkylation sites (tertiary alicyclic amines) is 1. The van der Waals surface area contributed by atoms with E-state index in [1.54, 1.807) is 4.90 Å². The molecule has 140 valence electrons. The Bertz CT molecular complexity index is 603. The second-order valence-electron chi connectivity index (χ2n) is 7.93. The summed E-state index contributed by atoms with van der Waals surface area (Å²) in [5.41, 5.74) is 2.99. The van der Waals surface area contributed by atoms with Crippen LogP contribution >= 0.6 is 0 Å². The van der Waals surface area contributed by atoms with Crippen LogP contribution in [0.3, 0.4) is 0 Å². The molecule has 1 saturated heterocycles. The first-order valence-corrected chi connectivity index (χ1v) is 10.6. The second kappa shape index (κ2) is 10.5. The summed E-state index contributed by atoms with van der Waals surface area (Å²) in [4.78, 5) is 3.62. The van der Waals surface area contributed by atoms with Crippen LogP contribution in [0, 0.1) is 0 Å². The lowest BCUT2D eigenvalue weighted by atomic mass is 10.0. The highest BCUT2D eigenvalue weighted by atomic mass is 15.2. The molecule has 0 radical (unpaired) electrons. The molecule has 0 aliphatic carbocycles. The molecule has 0 aromatic heterocycles. The monoisotopic (exact) mass is 352 g/mol. The van der Waals surface area contributed by atoms with Crippen molar-refractivity contribution in [2.24, 2.45) is 0 Å². The zero-order valence-corrected chi connectivity index (χ0v) is 16.4. The lowest BCUT2D eigenvalue weighted by Gasteiger charge is -2.34. The smallest absolute Gasteiger partial charge is 0.103 e. The maximum atomic E-state index is 2.32. The van der Waals surface area contributed by atoms with Gasteiger partial charge in [-0.15, -0.1) is 0 Å². The highest BCUT2D eigenvalue weighted by Gasteiger charge is 2.29. The third kappa shape index (κ3) is 5.96. The van der Waals surface area contributed by atoms with E-state index in [0.29, 0.717) is 0 Å². The minimum Gasteiger partial charge on any atom is -0.334 e. The summed E-state index contributed by atoms with van der Waals surface area (Å²) < 4.78 is 0. The first kappa shape index (κ1) is 19.1. The van der Waals surface area contributed by atoms with Gasteiger partial charge in [0.25, 0.3) is 0 Å². The predicted octanol–water partition coefficient (Wildman–Crippen LogP) is 2.16. The van der Waals surface area contributed by atoms with Crippen LogP contribution < -0.4 is 9.80 Å². The average molecular weight is 353 g/mol. The number of unbranched alkanes of at least 4 members (excludes halogenated alkanes) is 1. The standard InChI is InChI=1S/C24H34N2/c1-2-3-17-26(21-23-12-8-5-9-13-23)24-15-19-25(20-16-24)18-14-22-10-6-4-7-11-22/h4-13,24H,2-3,14-21H2,1H3/p+2. The number of quaternary nitrogens is 2. The van der Waals surface area contributed by atoms with Gasteiger partial charge in [0, 0.05) is 24.8 Å². The van der Waals surface area contributed by atoms with Crippen molar-refractivity contribution in [3.8, 4) is 0 Å². The van der Waals surface area contributed by atoms with Gasteiger partial charge in [-0.2, -0.15) is 0 Å². The Morgan fingerprint density at radius 3 is 2.12 bits per heavy atom. The molecule has 1 aliphatic rings. The zero-order chi connectivity index (χ0) is 18.0. The van der Waals surface area contributed by atoms with Crippen molar-refractivity contribution >= 4 is 0 Å². The van der Waals surface area contributed by atoms with E-state index < -0.39 is 0 Å². The molecule has 0 bridgehead atoms. The molecule has 2 N–H and O–H groups in total. The molecular weight excluding hydrogens is 316 g/mol. The summed E-state index contributed by atoms with van der Waals surface area (Å²) in [5, 5.41) is 0. The molecule has 2 aromatic rings. The zero-order valence-electron chi connectivity index (χ0n) is 16.4. The fraction of sp³-hybridized carbons (Fsp3) is 0.500. The fourth-order valence-corrected chi connectivity index (χ4v) is 4.35. The van der Waals surface area contributed by atoms with Gasteiger partial charge in [0.2, 0.25) is 0 Å². The van der Waals surface area contributed by atoms with Crippen LogP contribution in [0.1, 0.15) is 43.7 Å². The third-order valence-electron chi connectivity index (χ3n) is 6.01. The SMILES string of the molecule is CCCC[NH+](Cc1ccccc1)C1CC[NH+](CCc2ccccc2)CC1. The normalized spacial score (nSPS) is 21.4. The largest absolute Gasteiger partial charge is 0.334 e. The van der Waals surface area contributed by atoms with Crippen molar-refractivity contribution in [3.63, 3.8) is 0 Å². The summed E-state index contributed by atoms with van der Waals surface area (Å²) in [5.74, 6) is 0. The van der Waals surface area contributed by atoms with Crippen LogP contribution in [-0.2, 0) is 13.0 Å². The Labute approximate surface area is 159 Å². The van der Waals surface area contributed by atoms with Gasteiger partial charge in [0.15, 0.2) is 0 Å². The number of hydrogen-bond donors (Lipinski definition) is 2. The molecule has 1 aliphatic heterocycles. The minimum absolute atomic E-state index is 0.849. The molecule has 2 heteroatoms. The molecular formula is C24H36N2+2. The molecule has 3 rings (SSSR count). The summed E-state index contributed by atoms with van der Waals surface area (Å²) in [6, 6.07) is 22.9. The highest BCUT2D eigenvalue weighted by molar-refractivity contribution is 5.14. The van der Waals surface area contributed by atoms with Crippen LogP contribution in [0.5, 0.6) is 0 Å². The van der Waals surface area contributed by atoms with Gasteiger partial charge >= 0.3 is 0 Å². The van der Waals surface area contributed by atoms with Gasteiger partial charge in [-0.05, 0) is 12.0 Å². The fourth-order valence-electron chi connectivity index (χ4n) is 4.35. The van der Waals surface area contributed by atoms with Gasteiger partial charge in [-0.1, -0.05) is 74.0 Å². The van der Waals surface area contributed by atoms with E-state index in [9.17, 15) is 0 Å². The van der Waals surface area contributed by atoms with E-state index in [2.05, 4.69) is 67.6 Å². The maximum absolute atomic E-state index is 2.32. The summed E-state index contributed by atoms with van der Waals surface area (Å²) in [6.45, 7) is 8.83. The molecule has 2 aromatic carbocycles. The molecule has 0 spiro atoms. The molecule has 1 atom stereocenters. The van der Waals surface area contributed by atoms with Crippen molar-refractivity contribution < 1.29 is 9.80 Å². The Balaban J connectivity index is 1.48. The molecule has 26 heavy (non-hydrogen) atoms. The van der Waals surface area contributed by atoms with Crippen molar-refractivity contribution in [1.29, 1.82) is 0 Å². The molecule has 1 fully saturated rings. The van der Waals surface area contributed by atoms with Gasteiger partial charge < -0.3 is 9.80 Å². The summed E-state index contributed by atoms with van der Waals surface area (Å²) >= 11 is 0. The number of piperidine rings is 1. The van der Waals surface area contributed by atoms with Crippen LogP contribution in [0.2, 0.25) is 0 Å². The van der Waals surface area contributed by atoms with Gasteiger partial charge in [-0.25, -0.2) is 0 Å². The van der Waals surface area contributed by atoms with Crippen molar-refractivity contribution in [1.82, 2.24) is 0 Å². The molecule has 1 heterocycles. The molecule has 2 nitrogen and oxygen atoms in total. The van der Waals surface area contributed by atoms with E-state index in [4.69, 9.17) is 0 Å². The summed E-state index contributed by atoms with van der Waals surface area (Å²) in [7, 11) is 0. The van der Waals surface area contributed by atoms with Gasteiger partial charge in [-0.3, -0.25) is 0 Å². The number of nitrogens with one attached hydrogen (secondary N) is 2. The van der Waals surface area contributed by atoms with Crippen LogP contribution in [0.4, 0.5) is 0 Å². The third-order valence-corrected chi connectivity index (χ3v) is 6.01. The Morgan fingerprint density at radius 1 is 0.885 bits per heavy atom. The Hall–Kier alpha value is -1.64. The van der Waals surface area contributed by atoms with Crippen LogP contribution in [0.25, 0.3) is 0 Å². The average Bonchev–Trinajstić information content (AvgIpc) is 2.71. The first-order chi connectivity index (χ1) is 12.8. The van der Waals surface area contributed by atoms with Gasteiger partial charge in [0.05, 0.1) is 32.2 Å². The number of rotatable bonds is 9. The first-order valence-electron chi connectivity index (χ1n) is 10.6. The lowest BCUT2D eigenvalue weighted by molar-refractivity contribution is -0.966. The van der Waals surface area contributed by atoms with Gasteiger partial charge in [0.1, 0.15) is 6.54 Å². The maximum Gasteiger partial charge on any atom is 0.103 e. The number of hydrogen-bond acceptors (Lipinski definition) is 0. The highest BCUT2D eigenvalue weighted by Crippen LogP contribution is 2.02. The Kier molecular flexibility index (Phi) is 7.72. The lowest BCUT2D eigenvalue weighted by Crippen LogP contribution is -3.20. The van der Waals surface area contributed by atoms with Crippen molar-refractivity contribution in [2.75, 3.05) is 26.2 Å². The molecule has 1 unspecified atom stereocenters. The van der Waals surface area contributed by atoms with E-state index in [0.717, 1.165) is 6.04 Å². The van der Waals surface area contributed by atoms with Crippen molar-refractivity contribution in [3.05, 3.63) is 71.8 Å². The number of benzene rings is 2. The topological polar surface area (TPSA) is 8.88 Å². The van der Waals surface area contributed by atoms with Crippen molar-refractivity contribution in [2.45, 2.75) is 51.6 Å². The molecule has 0 saturated carbocycles. The van der Waals surface area contributed by atoms with E-state index >= 15 is 0 Å². The quantitative estimate of drug-likeness (QED) is 0.684. The van der Waals surface area contributed by atoms with Crippen LogP contribution in [0.15, 0.2) is 60.7 Å². The predicted molar refractivity (Wildman–Crippen MR) is 110 cm³/mol. The van der Waals surface area contributed by atoms with E-state index in [1.165, 1.54) is 76.0 Å². The molecule has 0 amide bonds. The van der Waals surface area contributed by atoms with Crippen LogP contribution in [-0.4, -0.2) is 32.2 Å². The Morgan fingerprint density at radius 2 is 1.50 bits per heavy atom. The summed E-state index contributed by atoms with van der Waals surface area (Å²) in [6.07, 6.45) is 6.64. The van der Waals surface area contributed by atoms with E-state index in [1.807, 2.05) is 4.90 Å². The minimum atomic E-state index is 0.849. The second-order valence-corrected chi connectivity index (χ2v) is 7.93. The van der Waals surface area contributed by atoms with E-state index in [-0.39, 0.29) is 0 Å².